The van der Waals surface area contributed by atoms with Crippen molar-refractivity contribution in [2.45, 2.75) is 11.4 Å². The molecule has 2 nitrogen and oxygen atoms in total. The largest absolute Gasteiger partial charge is 0.381 e. The molecular weight excluding hydrogens is 276 g/mol. The molecule has 0 unspecified atom stereocenters. The minimum atomic E-state index is 0.477. The van der Waals surface area contributed by atoms with Gasteiger partial charge in [0, 0.05) is 17.1 Å². The molecule has 0 heterocycles. The van der Waals surface area contributed by atoms with E-state index in [0.717, 1.165) is 12.2 Å². The zero-order valence-corrected chi connectivity index (χ0v) is 12.1. The van der Waals surface area contributed by atoms with Crippen molar-refractivity contribution < 1.29 is 0 Å². The third-order valence-corrected chi connectivity index (χ3v) is 3.80. The average molecular weight is 289 g/mol. The zero-order valence-electron chi connectivity index (χ0n) is 10.5. The van der Waals surface area contributed by atoms with E-state index >= 15 is 0 Å². The van der Waals surface area contributed by atoms with Crippen LogP contribution in [0, 0.1) is 11.3 Å². The summed E-state index contributed by atoms with van der Waals surface area (Å²) in [5, 5.41) is 12.6. The molecule has 19 heavy (non-hydrogen) atoms. The zero-order chi connectivity index (χ0) is 13.7. The molecule has 1 N–H and O–H groups in total. The molecule has 2 aromatic carbocycles. The molecule has 0 aliphatic carbocycles. The van der Waals surface area contributed by atoms with Crippen molar-refractivity contribution in [3.63, 3.8) is 0 Å². The lowest BCUT2D eigenvalue weighted by Crippen LogP contribution is -1.99. The summed E-state index contributed by atoms with van der Waals surface area (Å²) in [5.74, 6) is 0. The Balaban J connectivity index is 2.02. The van der Waals surface area contributed by atoms with Crippen LogP contribution < -0.4 is 5.32 Å². The number of halogens is 1. The Morgan fingerprint density at radius 1 is 1.21 bits per heavy atom. The van der Waals surface area contributed by atoms with Crippen LogP contribution in [0.25, 0.3) is 0 Å². The van der Waals surface area contributed by atoms with Gasteiger partial charge in [-0.1, -0.05) is 23.7 Å². The van der Waals surface area contributed by atoms with Crippen LogP contribution in [0.4, 0.5) is 5.69 Å². The molecule has 0 spiro atoms. The van der Waals surface area contributed by atoms with Gasteiger partial charge in [-0.3, -0.25) is 0 Å². The van der Waals surface area contributed by atoms with Crippen molar-refractivity contribution in [2.75, 3.05) is 11.6 Å². The minimum absolute atomic E-state index is 0.477. The summed E-state index contributed by atoms with van der Waals surface area (Å²) in [4.78, 5) is 1.25. The van der Waals surface area contributed by atoms with E-state index in [1.807, 2.05) is 12.1 Å². The highest BCUT2D eigenvalue weighted by atomic mass is 35.5. The van der Waals surface area contributed by atoms with Gasteiger partial charge in [0.25, 0.3) is 0 Å². The number of nitriles is 1. The van der Waals surface area contributed by atoms with Crippen LogP contribution in [-0.4, -0.2) is 6.26 Å². The second-order valence-electron chi connectivity index (χ2n) is 4.01. The van der Waals surface area contributed by atoms with Gasteiger partial charge in [0.1, 0.15) is 6.07 Å². The van der Waals surface area contributed by atoms with Crippen LogP contribution >= 0.6 is 23.4 Å². The maximum Gasteiger partial charge on any atom is 0.101 e. The van der Waals surface area contributed by atoms with Gasteiger partial charge in [-0.05, 0) is 42.2 Å². The Morgan fingerprint density at radius 3 is 2.53 bits per heavy atom. The summed E-state index contributed by atoms with van der Waals surface area (Å²) >= 11 is 7.72. The van der Waals surface area contributed by atoms with E-state index in [0.29, 0.717) is 10.6 Å². The van der Waals surface area contributed by atoms with Crippen LogP contribution in [0.15, 0.2) is 47.4 Å². The summed E-state index contributed by atoms with van der Waals surface area (Å²) < 4.78 is 0. The monoisotopic (exact) mass is 288 g/mol. The highest BCUT2D eigenvalue weighted by molar-refractivity contribution is 7.98. The number of nitrogens with zero attached hydrogens (tertiary/aromatic N) is 1. The van der Waals surface area contributed by atoms with Crippen molar-refractivity contribution in [1.82, 2.24) is 0 Å². The maximum atomic E-state index is 8.81. The maximum absolute atomic E-state index is 8.81. The predicted molar refractivity (Wildman–Crippen MR) is 81.7 cm³/mol. The van der Waals surface area contributed by atoms with E-state index in [4.69, 9.17) is 16.9 Å². The van der Waals surface area contributed by atoms with E-state index in [1.54, 1.807) is 23.9 Å². The fourth-order valence-corrected chi connectivity index (χ4v) is 2.29. The van der Waals surface area contributed by atoms with E-state index in [9.17, 15) is 0 Å². The quantitative estimate of drug-likeness (QED) is 0.839. The van der Waals surface area contributed by atoms with E-state index < -0.39 is 0 Å². The van der Waals surface area contributed by atoms with Crippen LogP contribution in [-0.2, 0) is 6.54 Å². The summed E-state index contributed by atoms with van der Waals surface area (Å²) in [5.41, 5.74) is 2.62. The lowest BCUT2D eigenvalue weighted by atomic mass is 10.2. The van der Waals surface area contributed by atoms with Gasteiger partial charge >= 0.3 is 0 Å². The fraction of sp³-hybridized carbons (Fsp3) is 0.133. The molecule has 0 aliphatic rings. The first kappa shape index (κ1) is 13.8. The number of rotatable bonds is 4. The molecule has 4 heteroatoms. The third-order valence-electron chi connectivity index (χ3n) is 2.75. The average Bonchev–Trinajstić information content (AvgIpc) is 2.46. The van der Waals surface area contributed by atoms with Crippen LogP contribution in [0.1, 0.15) is 11.1 Å². The highest BCUT2D eigenvalue weighted by Crippen LogP contribution is 2.21. The SMILES string of the molecule is CSc1ccc(CNc2ccc(C#N)c(Cl)c2)cc1. The van der Waals surface area contributed by atoms with E-state index in [1.165, 1.54) is 10.5 Å². The normalized spacial score (nSPS) is 9.95. The molecule has 2 aromatic rings. The third kappa shape index (κ3) is 3.66. The summed E-state index contributed by atoms with van der Waals surface area (Å²) in [6.07, 6.45) is 2.06. The van der Waals surface area contributed by atoms with Gasteiger partial charge in [-0.25, -0.2) is 0 Å². The number of hydrogen-bond acceptors (Lipinski definition) is 3. The van der Waals surface area contributed by atoms with Crippen LogP contribution in [0.2, 0.25) is 5.02 Å². The molecule has 0 saturated heterocycles. The molecule has 0 atom stereocenters. The standard InChI is InChI=1S/C15H13ClN2S/c1-19-14-6-2-11(3-7-14)10-18-13-5-4-12(9-17)15(16)8-13/h2-8,18H,10H2,1H3. The Bertz CT molecular complexity index is 603. The molecule has 0 radical (unpaired) electrons. The molecule has 96 valence electrons. The first-order valence-electron chi connectivity index (χ1n) is 5.79. The second-order valence-corrected chi connectivity index (χ2v) is 5.29. The molecule has 0 saturated carbocycles. The number of benzene rings is 2. The van der Waals surface area contributed by atoms with Crippen molar-refractivity contribution in [2.24, 2.45) is 0 Å². The fourth-order valence-electron chi connectivity index (χ4n) is 1.66. The number of hydrogen-bond donors (Lipinski definition) is 1. The lowest BCUT2D eigenvalue weighted by molar-refractivity contribution is 1.14. The molecule has 0 amide bonds. The molecule has 0 fully saturated rings. The number of thioether (sulfide) groups is 1. The molecule has 2 rings (SSSR count). The summed E-state index contributed by atoms with van der Waals surface area (Å²) in [6.45, 7) is 0.733. The Hall–Kier alpha value is -1.63. The second kappa shape index (κ2) is 6.51. The highest BCUT2D eigenvalue weighted by Gasteiger charge is 2.01. The smallest absolute Gasteiger partial charge is 0.101 e. The molecule has 0 aliphatic heterocycles. The van der Waals surface area contributed by atoms with Crippen LogP contribution in [0.5, 0.6) is 0 Å². The van der Waals surface area contributed by atoms with Crippen molar-refractivity contribution in [3.8, 4) is 6.07 Å². The van der Waals surface area contributed by atoms with Crippen molar-refractivity contribution in [1.29, 1.82) is 5.26 Å². The van der Waals surface area contributed by atoms with Gasteiger partial charge in [0.2, 0.25) is 0 Å². The van der Waals surface area contributed by atoms with Gasteiger partial charge < -0.3 is 5.32 Å². The molecule has 0 aromatic heterocycles. The number of nitrogens with one attached hydrogen (secondary N) is 1. The summed E-state index contributed by atoms with van der Waals surface area (Å²) in [7, 11) is 0. The van der Waals surface area contributed by atoms with Gasteiger partial charge in [0.15, 0.2) is 0 Å². The van der Waals surface area contributed by atoms with Crippen molar-refractivity contribution in [3.05, 3.63) is 58.6 Å². The minimum Gasteiger partial charge on any atom is -0.381 e. The van der Waals surface area contributed by atoms with Gasteiger partial charge in [-0.2, -0.15) is 5.26 Å². The molecular formula is C15H13ClN2S. The van der Waals surface area contributed by atoms with Gasteiger partial charge in [-0.15, -0.1) is 11.8 Å². The van der Waals surface area contributed by atoms with E-state index in [-0.39, 0.29) is 0 Å². The first-order chi connectivity index (χ1) is 9.22. The molecule has 0 bridgehead atoms. The first-order valence-corrected chi connectivity index (χ1v) is 7.39. The predicted octanol–water partition coefficient (Wildman–Crippen LogP) is 4.55. The topological polar surface area (TPSA) is 35.8 Å². The summed E-state index contributed by atoms with van der Waals surface area (Å²) in [6, 6.07) is 15.8. The lowest BCUT2D eigenvalue weighted by Gasteiger charge is -2.08. The number of anilines is 1. The van der Waals surface area contributed by atoms with Gasteiger partial charge in [0.05, 0.1) is 10.6 Å². The van der Waals surface area contributed by atoms with Crippen LogP contribution in [0.3, 0.4) is 0 Å². The Labute approximate surface area is 122 Å². The van der Waals surface area contributed by atoms with E-state index in [2.05, 4.69) is 35.8 Å². The Kier molecular flexibility index (Phi) is 4.73. The van der Waals surface area contributed by atoms with Crippen molar-refractivity contribution >= 4 is 29.1 Å². The Morgan fingerprint density at radius 2 is 1.95 bits per heavy atom.